The molecule has 0 aliphatic heterocycles. The predicted octanol–water partition coefficient (Wildman–Crippen LogP) is 2.90. The Morgan fingerprint density at radius 3 is 3.00 bits per heavy atom. The zero-order valence-corrected chi connectivity index (χ0v) is 12.2. The van der Waals surface area contributed by atoms with E-state index in [9.17, 15) is 0 Å². The van der Waals surface area contributed by atoms with Crippen LogP contribution in [-0.4, -0.2) is 26.3 Å². The molecular formula is C16H21N5. The van der Waals surface area contributed by atoms with Gasteiger partial charge in [0.15, 0.2) is 5.82 Å². The second kappa shape index (κ2) is 5.47. The van der Waals surface area contributed by atoms with Gasteiger partial charge in [-0.3, -0.25) is 4.98 Å². The Kier molecular flexibility index (Phi) is 3.33. The van der Waals surface area contributed by atoms with Gasteiger partial charge in [0.1, 0.15) is 5.82 Å². The van der Waals surface area contributed by atoms with Gasteiger partial charge in [0.25, 0.3) is 0 Å². The first kappa shape index (κ1) is 12.8. The van der Waals surface area contributed by atoms with Crippen LogP contribution in [0.25, 0.3) is 5.82 Å². The maximum absolute atomic E-state index is 4.55. The van der Waals surface area contributed by atoms with E-state index in [-0.39, 0.29) is 0 Å². The van der Waals surface area contributed by atoms with Gasteiger partial charge in [-0.05, 0) is 49.5 Å². The van der Waals surface area contributed by atoms with Gasteiger partial charge in [-0.25, -0.2) is 9.67 Å². The third-order valence-electron chi connectivity index (χ3n) is 5.07. The highest BCUT2D eigenvalue weighted by Crippen LogP contribution is 2.49. The smallest absolute Gasteiger partial charge is 0.173 e. The summed E-state index contributed by atoms with van der Waals surface area (Å²) in [4.78, 5) is 8.80. The Morgan fingerprint density at radius 1 is 1.24 bits per heavy atom. The van der Waals surface area contributed by atoms with Crippen LogP contribution in [0.3, 0.4) is 0 Å². The molecule has 2 fully saturated rings. The Labute approximate surface area is 124 Å². The zero-order chi connectivity index (χ0) is 14.1. The number of hydrogen-bond donors (Lipinski definition) is 1. The molecular weight excluding hydrogens is 262 g/mol. The average Bonchev–Trinajstić information content (AvgIpc) is 3.25. The quantitative estimate of drug-likeness (QED) is 0.916. The van der Waals surface area contributed by atoms with Crippen molar-refractivity contribution >= 4 is 5.82 Å². The predicted molar refractivity (Wildman–Crippen MR) is 81.2 cm³/mol. The highest BCUT2D eigenvalue weighted by molar-refractivity contribution is 5.35. The largest absolute Gasteiger partial charge is 0.369 e. The number of hydrogen-bond acceptors (Lipinski definition) is 4. The molecule has 5 nitrogen and oxygen atoms in total. The number of nitrogens with zero attached hydrogens (tertiary/aromatic N) is 4. The summed E-state index contributed by atoms with van der Waals surface area (Å²) in [5, 5.41) is 7.60. The normalized spacial score (nSPS) is 27.1. The highest BCUT2D eigenvalue weighted by Gasteiger charge is 2.38. The van der Waals surface area contributed by atoms with Crippen LogP contribution < -0.4 is 5.32 Å². The molecule has 0 aromatic carbocycles. The summed E-state index contributed by atoms with van der Waals surface area (Å²) >= 11 is 0. The molecule has 110 valence electrons. The fourth-order valence-corrected chi connectivity index (χ4v) is 4.07. The highest BCUT2D eigenvalue weighted by atomic mass is 15.3. The molecule has 1 N–H and O–H groups in total. The van der Waals surface area contributed by atoms with Crippen molar-refractivity contribution in [3.05, 3.63) is 30.9 Å². The van der Waals surface area contributed by atoms with Crippen molar-refractivity contribution in [2.45, 2.75) is 32.1 Å². The molecule has 3 atom stereocenters. The first-order valence-electron chi connectivity index (χ1n) is 7.94. The molecule has 2 heterocycles. The molecule has 5 heteroatoms. The van der Waals surface area contributed by atoms with Crippen LogP contribution in [0.4, 0.5) is 5.82 Å². The van der Waals surface area contributed by atoms with Crippen LogP contribution >= 0.6 is 0 Å². The van der Waals surface area contributed by atoms with E-state index in [2.05, 4.69) is 20.4 Å². The van der Waals surface area contributed by atoms with E-state index >= 15 is 0 Å². The molecule has 2 aromatic heterocycles. The average molecular weight is 283 g/mol. The minimum Gasteiger partial charge on any atom is -0.369 e. The number of fused-ring (bicyclic) bond motifs is 2. The minimum atomic E-state index is 0.755. The Balaban J connectivity index is 1.34. The molecule has 2 aliphatic carbocycles. The zero-order valence-electron chi connectivity index (χ0n) is 12.2. The standard InChI is InChI=1S/C16H21N5/c1-5-19-21(7-1)16-11-17-10-15(20-16)18-6-4-14-9-12-2-3-13(14)8-12/h1,5,7,10-14H,2-4,6,8-9H2,(H,18,20)/t12-,13-,14-/m0/s1. The van der Waals surface area contributed by atoms with Crippen LogP contribution in [0, 0.1) is 17.8 Å². The number of anilines is 1. The van der Waals surface area contributed by atoms with Crippen molar-refractivity contribution in [3.8, 4) is 5.82 Å². The molecule has 0 unspecified atom stereocenters. The first-order valence-corrected chi connectivity index (χ1v) is 7.94. The van der Waals surface area contributed by atoms with Crippen LogP contribution in [0.1, 0.15) is 32.1 Å². The number of nitrogens with one attached hydrogen (secondary N) is 1. The fraction of sp³-hybridized carbons (Fsp3) is 0.562. The molecule has 2 aliphatic rings. The topological polar surface area (TPSA) is 55.6 Å². The van der Waals surface area contributed by atoms with Gasteiger partial charge >= 0.3 is 0 Å². The van der Waals surface area contributed by atoms with Gasteiger partial charge in [0.05, 0.1) is 12.4 Å². The van der Waals surface area contributed by atoms with E-state index in [1.807, 2.05) is 12.3 Å². The second-order valence-corrected chi connectivity index (χ2v) is 6.36. The summed E-state index contributed by atoms with van der Waals surface area (Å²) in [5.74, 6) is 4.55. The molecule has 0 spiro atoms. The summed E-state index contributed by atoms with van der Waals surface area (Å²) in [7, 11) is 0. The van der Waals surface area contributed by atoms with Crippen LogP contribution in [-0.2, 0) is 0 Å². The number of aromatic nitrogens is 4. The monoisotopic (exact) mass is 283 g/mol. The lowest BCUT2D eigenvalue weighted by molar-refractivity contribution is 0.321. The lowest BCUT2D eigenvalue weighted by Crippen LogP contribution is -2.15. The van der Waals surface area contributed by atoms with E-state index in [0.717, 1.165) is 35.9 Å². The van der Waals surface area contributed by atoms with Gasteiger partial charge in [-0.1, -0.05) is 6.42 Å². The van der Waals surface area contributed by atoms with Crippen molar-refractivity contribution in [2.24, 2.45) is 17.8 Å². The van der Waals surface area contributed by atoms with Crippen LogP contribution in [0.5, 0.6) is 0 Å². The minimum absolute atomic E-state index is 0.755. The first-order chi connectivity index (χ1) is 10.4. The second-order valence-electron chi connectivity index (χ2n) is 6.36. The van der Waals surface area contributed by atoms with Crippen molar-refractivity contribution in [3.63, 3.8) is 0 Å². The van der Waals surface area contributed by atoms with E-state index in [1.54, 1.807) is 23.3 Å². The third-order valence-corrected chi connectivity index (χ3v) is 5.07. The molecule has 21 heavy (non-hydrogen) atoms. The third kappa shape index (κ3) is 2.64. The molecule has 4 rings (SSSR count). The molecule has 0 radical (unpaired) electrons. The lowest BCUT2D eigenvalue weighted by atomic mass is 9.86. The van der Waals surface area contributed by atoms with E-state index in [0.29, 0.717) is 0 Å². The summed E-state index contributed by atoms with van der Waals surface area (Å²) in [5.41, 5.74) is 0. The van der Waals surface area contributed by atoms with Crippen molar-refractivity contribution < 1.29 is 0 Å². The molecule has 0 amide bonds. The summed E-state index contributed by atoms with van der Waals surface area (Å²) < 4.78 is 1.73. The Hall–Kier alpha value is -1.91. The van der Waals surface area contributed by atoms with Gasteiger partial charge < -0.3 is 5.32 Å². The van der Waals surface area contributed by atoms with Crippen molar-refractivity contribution in [2.75, 3.05) is 11.9 Å². The summed E-state index contributed by atoms with van der Waals surface area (Å²) in [6.45, 7) is 0.991. The molecule has 0 saturated heterocycles. The number of rotatable bonds is 5. The molecule has 2 aromatic rings. The molecule has 2 bridgehead atoms. The van der Waals surface area contributed by atoms with Gasteiger partial charge in [-0.15, -0.1) is 0 Å². The Bertz CT molecular complexity index is 594. The van der Waals surface area contributed by atoms with Gasteiger partial charge in [-0.2, -0.15) is 5.10 Å². The van der Waals surface area contributed by atoms with Gasteiger partial charge in [0.2, 0.25) is 0 Å². The van der Waals surface area contributed by atoms with E-state index < -0.39 is 0 Å². The Morgan fingerprint density at radius 2 is 2.24 bits per heavy atom. The fourth-order valence-electron chi connectivity index (χ4n) is 4.07. The van der Waals surface area contributed by atoms with Crippen molar-refractivity contribution in [1.29, 1.82) is 0 Å². The van der Waals surface area contributed by atoms with Gasteiger partial charge in [0, 0.05) is 18.9 Å². The summed E-state index contributed by atoms with van der Waals surface area (Å²) in [6, 6.07) is 1.89. The van der Waals surface area contributed by atoms with Crippen LogP contribution in [0.2, 0.25) is 0 Å². The summed E-state index contributed by atoms with van der Waals surface area (Å²) in [6.07, 6.45) is 14.3. The molecule has 2 saturated carbocycles. The van der Waals surface area contributed by atoms with E-state index in [1.165, 1.54) is 32.1 Å². The van der Waals surface area contributed by atoms with Crippen LogP contribution in [0.15, 0.2) is 30.9 Å². The van der Waals surface area contributed by atoms with Crippen molar-refractivity contribution in [1.82, 2.24) is 19.7 Å². The SMILES string of the molecule is c1cnn(-c2cncc(NCC[C@H]3C[C@H]4CC[C@H]3C4)n2)c1. The maximum Gasteiger partial charge on any atom is 0.173 e. The lowest BCUT2D eigenvalue weighted by Gasteiger charge is -2.21. The maximum atomic E-state index is 4.55. The van der Waals surface area contributed by atoms with E-state index in [4.69, 9.17) is 0 Å².